The molecular formula is C31H35F4N5O4. The molecular weight excluding hydrogens is 582 g/mol. The number of fused-ring (bicyclic) bond motifs is 7. The number of nitrogens with zero attached hydrogens (tertiary/aromatic N) is 3. The van der Waals surface area contributed by atoms with Crippen LogP contribution < -0.4 is 10.6 Å². The molecule has 0 aromatic heterocycles. The highest BCUT2D eigenvalue weighted by Crippen LogP contribution is 2.59. The highest BCUT2D eigenvalue weighted by atomic mass is 19.3. The number of benzene rings is 1. The number of anilines is 1. The van der Waals surface area contributed by atoms with Crippen molar-refractivity contribution < 1.29 is 36.7 Å². The first-order valence-corrected chi connectivity index (χ1v) is 14.9. The Kier molecular flexibility index (Phi) is 6.83. The quantitative estimate of drug-likeness (QED) is 0.503. The standard InChI is InChI=1S/C31H35F4N5O4/c1-29(2,3)24(38-27(43)30(4,34)35)26(42)39-12-17-14-8-16(20(33)9-14)21(17)23(39)25(41)40-13-31(10-15(40)11-36)18-6-5-7-19(32)22(18)37-28(31)44/h5-7,14-17,20-21,23-24H,8-10,12-13H2,1-4H3,(H,37,44)(H,38,43). The van der Waals surface area contributed by atoms with E-state index in [9.17, 15) is 37.6 Å². The summed E-state index contributed by atoms with van der Waals surface area (Å²) in [5.74, 6) is -9.39. The molecule has 236 valence electrons. The average Bonchev–Trinajstić information content (AvgIpc) is 3.73. The van der Waals surface area contributed by atoms with E-state index in [2.05, 4.69) is 16.7 Å². The third-order valence-electron chi connectivity index (χ3n) is 10.6. The van der Waals surface area contributed by atoms with E-state index < -0.39 is 82.3 Å². The molecule has 5 aliphatic rings. The smallest absolute Gasteiger partial charge is 0.321 e. The molecule has 44 heavy (non-hydrogen) atoms. The van der Waals surface area contributed by atoms with E-state index in [1.807, 2.05) is 0 Å². The van der Waals surface area contributed by atoms with Crippen LogP contribution in [0.5, 0.6) is 0 Å². The van der Waals surface area contributed by atoms with Crippen LogP contribution in [-0.4, -0.2) is 76.7 Å². The van der Waals surface area contributed by atoms with Crippen LogP contribution >= 0.6 is 0 Å². The number of carbonyl (C=O) groups excluding carboxylic acids is 4. The fourth-order valence-electron chi connectivity index (χ4n) is 8.51. The Morgan fingerprint density at radius 1 is 1.14 bits per heavy atom. The van der Waals surface area contributed by atoms with E-state index in [4.69, 9.17) is 0 Å². The van der Waals surface area contributed by atoms with Gasteiger partial charge in [-0.25, -0.2) is 8.78 Å². The van der Waals surface area contributed by atoms with Crippen molar-refractivity contribution in [1.29, 1.82) is 5.26 Å². The van der Waals surface area contributed by atoms with Crippen molar-refractivity contribution in [2.24, 2.45) is 29.1 Å². The predicted molar refractivity (Wildman–Crippen MR) is 148 cm³/mol. The summed E-state index contributed by atoms with van der Waals surface area (Å²) < 4.78 is 57.6. The maximum Gasteiger partial charge on any atom is 0.321 e. The third kappa shape index (κ3) is 4.38. The maximum absolute atomic E-state index is 15.2. The van der Waals surface area contributed by atoms with E-state index in [1.54, 1.807) is 26.8 Å². The minimum absolute atomic E-state index is 0.00826. The molecule has 9 unspecified atom stereocenters. The second-order valence-corrected chi connectivity index (χ2v) is 14.3. The maximum atomic E-state index is 15.2. The zero-order valence-corrected chi connectivity index (χ0v) is 24.9. The fourth-order valence-corrected chi connectivity index (χ4v) is 8.51. The van der Waals surface area contributed by atoms with Crippen molar-refractivity contribution in [2.45, 2.75) is 82.6 Å². The minimum atomic E-state index is -3.76. The molecule has 6 rings (SSSR count). The first-order valence-electron chi connectivity index (χ1n) is 14.9. The number of likely N-dealkylation sites (tertiary alicyclic amines) is 2. The summed E-state index contributed by atoms with van der Waals surface area (Å²) in [5, 5.41) is 14.9. The average molecular weight is 618 g/mol. The summed E-state index contributed by atoms with van der Waals surface area (Å²) in [7, 11) is 0. The number of amides is 4. The molecule has 1 spiro atoms. The molecule has 1 aromatic carbocycles. The van der Waals surface area contributed by atoms with Gasteiger partial charge in [-0.15, -0.1) is 0 Å². The first-order chi connectivity index (χ1) is 20.5. The Morgan fingerprint density at radius 3 is 2.48 bits per heavy atom. The van der Waals surface area contributed by atoms with Gasteiger partial charge in [-0.05, 0) is 53.6 Å². The van der Waals surface area contributed by atoms with Gasteiger partial charge in [0.1, 0.15) is 30.1 Å². The lowest BCUT2D eigenvalue weighted by molar-refractivity contribution is -0.153. The number of rotatable bonds is 4. The van der Waals surface area contributed by atoms with Gasteiger partial charge < -0.3 is 20.4 Å². The van der Waals surface area contributed by atoms with Crippen LogP contribution in [0, 0.1) is 46.2 Å². The fraction of sp³-hybridized carbons (Fsp3) is 0.645. The number of hydrogen-bond donors (Lipinski definition) is 2. The van der Waals surface area contributed by atoms with Gasteiger partial charge >= 0.3 is 5.92 Å². The summed E-state index contributed by atoms with van der Waals surface area (Å²) in [5.41, 5.74) is -2.11. The van der Waals surface area contributed by atoms with Crippen LogP contribution in [0.15, 0.2) is 18.2 Å². The van der Waals surface area contributed by atoms with Gasteiger partial charge in [0.25, 0.3) is 5.91 Å². The lowest BCUT2D eigenvalue weighted by Crippen LogP contribution is -2.61. The molecule has 13 heteroatoms. The second kappa shape index (κ2) is 9.91. The number of nitrogens with one attached hydrogen (secondary N) is 2. The van der Waals surface area contributed by atoms with Crippen LogP contribution in [0.25, 0.3) is 0 Å². The molecule has 2 saturated carbocycles. The third-order valence-corrected chi connectivity index (χ3v) is 10.6. The SMILES string of the molecule is CC(F)(F)C(=O)NC(C(=O)N1CC2C3CC(F)C(C3)C2C1C(=O)N1CC2(CC1C#N)C(=O)Nc1c(F)cccc12)C(C)(C)C. The van der Waals surface area contributed by atoms with Crippen molar-refractivity contribution in [3.8, 4) is 6.07 Å². The molecule has 9 nitrogen and oxygen atoms in total. The highest BCUT2D eigenvalue weighted by Gasteiger charge is 2.65. The molecule has 1 aromatic rings. The summed E-state index contributed by atoms with van der Waals surface area (Å²) in [6, 6.07) is 2.54. The van der Waals surface area contributed by atoms with Crippen LogP contribution in [0.3, 0.4) is 0 Å². The molecule has 9 atom stereocenters. The zero-order valence-electron chi connectivity index (χ0n) is 24.9. The second-order valence-electron chi connectivity index (χ2n) is 14.3. The van der Waals surface area contributed by atoms with Crippen LogP contribution in [0.1, 0.15) is 52.5 Å². The van der Waals surface area contributed by atoms with Gasteiger partial charge in [0, 0.05) is 26.4 Å². The van der Waals surface area contributed by atoms with Gasteiger partial charge in [0.05, 0.1) is 17.2 Å². The Morgan fingerprint density at radius 2 is 1.84 bits per heavy atom. The number of alkyl halides is 3. The van der Waals surface area contributed by atoms with E-state index in [1.165, 1.54) is 21.9 Å². The van der Waals surface area contributed by atoms with Gasteiger partial charge in [0.2, 0.25) is 17.7 Å². The Balaban J connectivity index is 1.37. The summed E-state index contributed by atoms with van der Waals surface area (Å²) >= 11 is 0. The number of para-hydroxylation sites is 1. The van der Waals surface area contributed by atoms with Crippen molar-refractivity contribution in [3.63, 3.8) is 0 Å². The van der Waals surface area contributed by atoms with E-state index >= 15 is 4.39 Å². The first kappa shape index (κ1) is 30.3. The van der Waals surface area contributed by atoms with Crippen LogP contribution in [0.2, 0.25) is 0 Å². The van der Waals surface area contributed by atoms with Crippen molar-refractivity contribution in [3.05, 3.63) is 29.6 Å². The number of carbonyl (C=O) groups is 4. The topological polar surface area (TPSA) is 123 Å². The van der Waals surface area contributed by atoms with E-state index in [-0.39, 0.29) is 37.0 Å². The lowest BCUT2D eigenvalue weighted by Gasteiger charge is -2.39. The molecule has 2 saturated heterocycles. The van der Waals surface area contributed by atoms with Gasteiger partial charge in [-0.1, -0.05) is 32.9 Å². The normalized spacial score (nSPS) is 34.5. The minimum Gasteiger partial charge on any atom is -0.339 e. The Hall–Kier alpha value is -3.69. The number of nitriles is 1. The molecule has 2 bridgehead atoms. The van der Waals surface area contributed by atoms with Crippen molar-refractivity contribution in [1.82, 2.24) is 15.1 Å². The number of halogens is 4. The summed E-state index contributed by atoms with van der Waals surface area (Å²) in [6.45, 7) is 5.05. The summed E-state index contributed by atoms with van der Waals surface area (Å²) in [4.78, 5) is 57.0. The largest absolute Gasteiger partial charge is 0.339 e. The lowest BCUT2D eigenvalue weighted by atomic mass is 9.77. The molecule has 4 amide bonds. The predicted octanol–water partition coefficient (Wildman–Crippen LogP) is 3.15. The Labute approximate surface area is 252 Å². The Bertz CT molecular complexity index is 1480. The molecule has 3 heterocycles. The van der Waals surface area contributed by atoms with E-state index in [0.717, 1.165) is 0 Å². The van der Waals surface area contributed by atoms with Gasteiger partial charge in [-0.2, -0.15) is 14.0 Å². The zero-order chi connectivity index (χ0) is 32.1. The van der Waals surface area contributed by atoms with Crippen LogP contribution in [0.4, 0.5) is 23.2 Å². The van der Waals surface area contributed by atoms with Crippen LogP contribution in [-0.2, 0) is 24.6 Å². The van der Waals surface area contributed by atoms with Gasteiger partial charge in [0.15, 0.2) is 0 Å². The van der Waals surface area contributed by atoms with Crippen molar-refractivity contribution >= 4 is 29.3 Å². The molecule has 2 N–H and O–H groups in total. The molecule has 4 fully saturated rings. The van der Waals surface area contributed by atoms with Gasteiger partial charge in [-0.3, -0.25) is 19.2 Å². The molecule has 3 aliphatic heterocycles. The highest BCUT2D eigenvalue weighted by molar-refractivity contribution is 6.07. The summed E-state index contributed by atoms with van der Waals surface area (Å²) in [6.07, 6.45) is -0.441. The van der Waals surface area contributed by atoms with E-state index in [0.29, 0.717) is 25.3 Å². The monoisotopic (exact) mass is 617 g/mol. The van der Waals surface area contributed by atoms with Crippen molar-refractivity contribution in [2.75, 3.05) is 18.4 Å². The molecule has 0 radical (unpaired) electrons. The molecule has 2 aliphatic carbocycles. The number of hydrogen-bond acceptors (Lipinski definition) is 5.